The number of rotatable bonds is 4. The van der Waals surface area contributed by atoms with Crippen LogP contribution in [0.2, 0.25) is 0 Å². The number of aromatic nitrogens is 1. The Morgan fingerprint density at radius 2 is 1.87 bits per heavy atom. The molecule has 0 fully saturated rings. The van der Waals surface area contributed by atoms with Gasteiger partial charge in [-0.15, -0.1) is 0 Å². The number of pyridine rings is 1. The molecule has 5 heteroatoms. The summed E-state index contributed by atoms with van der Waals surface area (Å²) in [6.45, 7) is 0.332. The summed E-state index contributed by atoms with van der Waals surface area (Å²) in [5, 5.41) is 0.633. The lowest BCUT2D eigenvalue weighted by molar-refractivity contribution is 0.301. The van der Waals surface area contributed by atoms with Crippen LogP contribution < -0.4 is 14.9 Å². The third-order valence-electron chi connectivity index (χ3n) is 3.67. The van der Waals surface area contributed by atoms with Crippen LogP contribution in [0.4, 0.5) is 0 Å². The number of ether oxygens (including phenoxy) is 2. The summed E-state index contributed by atoms with van der Waals surface area (Å²) >= 11 is 3.48. The number of benzene rings is 2. The summed E-state index contributed by atoms with van der Waals surface area (Å²) in [6, 6.07) is 13.1. The molecule has 0 spiro atoms. The maximum absolute atomic E-state index is 12.6. The smallest absolute Gasteiger partial charge is 0.231 e. The highest BCUT2D eigenvalue weighted by atomic mass is 79.9. The molecular weight excluding hydrogens is 358 g/mol. The second-order valence-corrected chi connectivity index (χ2v) is 6.06. The zero-order valence-electron chi connectivity index (χ0n) is 12.9. The lowest BCUT2D eigenvalue weighted by atomic mass is 10.2. The Morgan fingerprint density at radius 3 is 2.57 bits per heavy atom. The number of aryl methyl sites for hydroxylation is 1. The summed E-state index contributed by atoms with van der Waals surface area (Å²) in [5.41, 5.74) is 1.73. The standard InChI is InChI=1S/C18H16BrNO3/c1-20-10-16(18(21)14-4-3-5-15(19)17(14)20)23-11-12-6-8-13(22-2)9-7-12/h3-10H,11H2,1-2H3. The molecule has 4 nitrogen and oxygen atoms in total. The van der Waals surface area contributed by atoms with E-state index in [2.05, 4.69) is 15.9 Å². The van der Waals surface area contributed by atoms with Crippen LogP contribution >= 0.6 is 15.9 Å². The first kappa shape index (κ1) is 15.6. The first-order valence-electron chi connectivity index (χ1n) is 7.13. The van der Waals surface area contributed by atoms with Gasteiger partial charge in [-0.1, -0.05) is 18.2 Å². The highest BCUT2D eigenvalue weighted by Gasteiger charge is 2.10. The van der Waals surface area contributed by atoms with Crippen molar-refractivity contribution in [3.05, 3.63) is 68.9 Å². The van der Waals surface area contributed by atoms with Crippen molar-refractivity contribution in [3.8, 4) is 11.5 Å². The van der Waals surface area contributed by atoms with Gasteiger partial charge in [-0.3, -0.25) is 4.79 Å². The van der Waals surface area contributed by atoms with E-state index in [1.54, 1.807) is 13.3 Å². The van der Waals surface area contributed by atoms with E-state index in [0.29, 0.717) is 17.7 Å². The molecule has 0 aliphatic rings. The first-order valence-corrected chi connectivity index (χ1v) is 7.93. The average Bonchev–Trinajstić information content (AvgIpc) is 2.57. The van der Waals surface area contributed by atoms with Gasteiger partial charge in [-0.25, -0.2) is 0 Å². The molecule has 0 amide bonds. The number of methoxy groups -OCH3 is 1. The van der Waals surface area contributed by atoms with E-state index in [1.165, 1.54) is 0 Å². The van der Waals surface area contributed by atoms with Gasteiger partial charge in [0.1, 0.15) is 12.4 Å². The molecule has 118 valence electrons. The molecule has 0 bridgehead atoms. The van der Waals surface area contributed by atoms with Crippen LogP contribution in [0.3, 0.4) is 0 Å². The minimum atomic E-state index is -0.104. The molecule has 3 aromatic rings. The molecule has 0 aliphatic carbocycles. The van der Waals surface area contributed by atoms with Crippen LogP contribution in [-0.4, -0.2) is 11.7 Å². The molecule has 1 heterocycles. The minimum Gasteiger partial charge on any atom is -0.497 e. The Balaban J connectivity index is 1.91. The normalized spacial score (nSPS) is 10.7. The monoisotopic (exact) mass is 373 g/mol. The Hall–Kier alpha value is -2.27. The van der Waals surface area contributed by atoms with Crippen LogP contribution in [0, 0.1) is 0 Å². The number of para-hydroxylation sites is 1. The number of hydrogen-bond acceptors (Lipinski definition) is 3. The third-order valence-corrected chi connectivity index (χ3v) is 4.31. The van der Waals surface area contributed by atoms with Gasteiger partial charge in [-0.2, -0.15) is 0 Å². The molecule has 0 radical (unpaired) electrons. The van der Waals surface area contributed by atoms with Crippen molar-refractivity contribution in [1.82, 2.24) is 4.57 Å². The highest BCUT2D eigenvalue weighted by Crippen LogP contribution is 2.23. The van der Waals surface area contributed by atoms with Crippen LogP contribution in [-0.2, 0) is 13.7 Å². The average molecular weight is 374 g/mol. The van der Waals surface area contributed by atoms with Crippen LogP contribution in [0.25, 0.3) is 10.9 Å². The fraction of sp³-hybridized carbons (Fsp3) is 0.167. The van der Waals surface area contributed by atoms with Crippen molar-refractivity contribution < 1.29 is 9.47 Å². The Kier molecular flexibility index (Phi) is 4.39. The maximum Gasteiger partial charge on any atom is 0.231 e. The predicted octanol–water partition coefficient (Wildman–Crippen LogP) is 3.89. The molecule has 0 saturated heterocycles. The molecule has 1 aromatic heterocycles. The van der Waals surface area contributed by atoms with Crippen LogP contribution in [0.15, 0.2) is 57.9 Å². The fourth-order valence-electron chi connectivity index (χ4n) is 2.47. The molecular formula is C18H16BrNO3. The van der Waals surface area contributed by atoms with Crippen molar-refractivity contribution in [2.45, 2.75) is 6.61 Å². The molecule has 0 saturated carbocycles. The molecule has 2 aromatic carbocycles. The van der Waals surface area contributed by atoms with Gasteiger partial charge in [0.15, 0.2) is 5.75 Å². The molecule has 0 atom stereocenters. The summed E-state index contributed by atoms with van der Waals surface area (Å²) in [4.78, 5) is 12.6. The van der Waals surface area contributed by atoms with E-state index in [1.807, 2.05) is 54.1 Å². The van der Waals surface area contributed by atoms with Gasteiger partial charge < -0.3 is 14.0 Å². The molecule has 0 aliphatic heterocycles. The minimum absolute atomic E-state index is 0.104. The van der Waals surface area contributed by atoms with Crippen molar-refractivity contribution in [3.63, 3.8) is 0 Å². The topological polar surface area (TPSA) is 40.5 Å². The van der Waals surface area contributed by atoms with Crippen molar-refractivity contribution >= 4 is 26.8 Å². The third kappa shape index (κ3) is 3.10. The number of fused-ring (bicyclic) bond motifs is 1. The van der Waals surface area contributed by atoms with Gasteiger partial charge in [0, 0.05) is 11.5 Å². The zero-order chi connectivity index (χ0) is 16.4. The Morgan fingerprint density at radius 1 is 1.13 bits per heavy atom. The molecule has 0 N–H and O–H groups in total. The van der Waals surface area contributed by atoms with E-state index in [4.69, 9.17) is 9.47 Å². The highest BCUT2D eigenvalue weighted by molar-refractivity contribution is 9.10. The summed E-state index contributed by atoms with van der Waals surface area (Å²) in [5.74, 6) is 1.13. The van der Waals surface area contributed by atoms with Gasteiger partial charge in [0.25, 0.3) is 0 Å². The van der Waals surface area contributed by atoms with Gasteiger partial charge in [-0.05, 0) is 45.8 Å². The number of nitrogens with zero attached hydrogens (tertiary/aromatic N) is 1. The summed E-state index contributed by atoms with van der Waals surface area (Å²) in [6.07, 6.45) is 1.72. The predicted molar refractivity (Wildman–Crippen MR) is 94.2 cm³/mol. The summed E-state index contributed by atoms with van der Waals surface area (Å²) < 4.78 is 13.6. The second-order valence-electron chi connectivity index (χ2n) is 5.21. The number of halogens is 1. The van der Waals surface area contributed by atoms with Gasteiger partial charge >= 0.3 is 0 Å². The lowest BCUT2D eigenvalue weighted by Crippen LogP contribution is -2.12. The van der Waals surface area contributed by atoms with Gasteiger partial charge in [0.2, 0.25) is 5.43 Å². The molecule has 3 rings (SSSR count). The lowest BCUT2D eigenvalue weighted by Gasteiger charge is -2.12. The van der Waals surface area contributed by atoms with E-state index in [0.717, 1.165) is 21.3 Å². The van der Waals surface area contributed by atoms with E-state index < -0.39 is 0 Å². The fourth-order valence-corrected chi connectivity index (χ4v) is 3.12. The zero-order valence-corrected chi connectivity index (χ0v) is 14.5. The van der Waals surface area contributed by atoms with E-state index >= 15 is 0 Å². The van der Waals surface area contributed by atoms with Crippen LogP contribution in [0.1, 0.15) is 5.56 Å². The van der Waals surface area contributed by atoms with Crippen molar-refractivity contribution in [2.75, 3.05) is 7.11 Å². The number of hydrogen-bond donors (Lipinski definition) is 0. The maximum atomic E-state index is 12.6. The SMILES string of the molecule is COc1ccc(COc2cn(C)c3c(Br)cccc3c2=O)cc1. The van der Waals surface area contributed by atoms with Crippen molar-refractivity contribution in [2.24, 2.45) is 7.05 Å². The molecule has 0 unspecified atom stereocenters. The second kappa shape index (κ2) is 6.46. The largest absolute Gasteiger partial charge is 0.497 e. The quantitative estimate of drug-likeness (QED) is 0.696. The summed E-state index contributed by atoms with van der Waals surface area (Å²) in [7, 11) is 3.52. The van der Waals surface area contributed by atoms with E-state index in [-0.39, 0.29) is 5.43 Å². The molecule has 23 heavy (non-hydrogen) atoms. The van der Waals surface area contributed by atoms with E-state index in [9.17, 15) is 4.79 Å². The first-order chi connectivity index (χ1) is 11.1. The Labute approximate surface area is 142 Å². The Bertz CT molecular complexity index is 901. The van der Waals surface area contributed by atoms with Gasteiger partial charge in [0.05, 0.1) is 24.2 Å². The van der Waals surface area contributed by atoms with Crippen LogP contribution in [0.5, 0.6) is 11.5 Å². The van der Waals surface area contributed by atoms with Crippen molar-refractivity contribution in [1.29, 1.82) is 0 Å².